The van der Waals surface area contributed by atoms with E-state index in [9.17, 15) is 21.6 Å². The SMILES string of the molecule is O=C(NCCOc1ccc(S(=O)(=O)N2CCCCC2)cc1)c1cc(S(=O)(=O)N2CCCCCC2)ccc1Cl. The number of ether oxygens (including phenoxy) is 1. The minimum Gasteiger partial charge on any atom is -0.492 e. The van der Waals surface area contributed by atoms with Gasteiger partial charge in [-0.1, -0.05) is 30.9 Å². The van der Waals surface area contributed by atoms with Crippen LogP contribution in [0.4, 0.5) is 0 Å². The third-order valence-corrected chi connectivity index (χ3v) is 11.0. The first-order chi connectivity index (χ1) is 18.2. The fourth-order valence-corrected chi connectivity index (χ4v) is 7.93. The number of nitrogens with zero attached hydrogens (tertiary/aromatic N) is 2. The van der Waals surface area contributed by atoms with E-state index in [0.717, 1.165) is 44.9 Å². The zero-order valence-electron chi connectivity index (χ0n) is 21.3. The number of amides is 1. The van der Waals surface area contributed by atoms with E-state index in [-0.39, 0.29) is 33.5 Å². The molecule has 0 spiro atoms. The summed E-state index contributed by atoms with van der Waals surface area (Å²) in [5.74, 6) is -0.0325. The van der Waals surface area contributed by atoms with Gasteiger partial charge in [-0.2, -0.15) is 8.61 Å². The number of carbonyl (C=O) groups is 1. The van der Waals surface area contributed by atoms with Gasteiger partial charge in [-0.3, -0.25) is 4.79 Å². The second kappa shape index (κ2) is 12.8. The van der Waals surface area contributed by atoms with Crippen molar-refractivity contribution in [3.05, 3.63) is 53.1 Å². The number of benzene rings is 2. The maximum absolute atomic E-state index is 13.1. The number of sulfonamides is 2. The van der Waals surface area contributed by atoms with E-state index in [4.69, 9.17) is 16.3 Å². The average Bonchev–Trinajstić information content (AvgIpc) is 3.22. The zero-order chi connectivity index (χ0) is 27.2. The van der Waals surface area contributed by atoms with Crippen molar-refractivity contribution < 1.29 is 26.4 Å². The molecule has 0 atom stereocenters. The van der Waals surface area contributed by atoms with Gasteiger partial charge >= 0.3 is 0 Å². The van der Waals surface area contributed by atoms with E-state index in [1.54, 1.807) is 12.1 Å². The monoisotopic (exact) mass is 583 g/mol. The standard InChI is InChI=1S/C26H34ClN3O6S2/c27-25-13-12-23(38(34,35)30-15-4-1-2-5-16-30)20-24(25)26(31)28-14-19-36-21-8-10-22(11-9-21)37(32,33)29-17-6-3-7-18-29/h8-13,20H,1-7,14-19H2,(H,28,31). The summed E-state index contributed by atoms with van der Waals surface area (Å²) in [6.45, 7) is 2.29. The van der Waals surface area contributed by atoms with Crippen molar-refractivity contribution in [3.8, 4) is 5.75 Å². The normalized spacial score (nSPS) is 18.0. The van der Waals surface area contributed by atoms with Gasteiger partial charge in [0, 0.05) is 26.2 Å². The van der Waals surface area contributed by atoms with Crippen LogP contribution in [-0.4, -0.2) is 70.7 Å². The van der Waals surface area contributed by atoms with Gasteiger partial charge in [-0.25, -0.2) is 16.8 Å². The van der Waals surface area contributed by atoms with Gasteiger partial charge in [0.05, 0.1) is 26.9 Å². The summed E-state index contributed by atoms with van der Waals surface area (Å²) in [6.07, 6.45) is 6.43. The molecule has 2 aliphatic heterocycles. The van der Waals surface area contributed by atoms with Crippen molar-refractivity contribution in [1.82, 2.24) is 13.9 Å². The van der Waals surface area contributed by atoms with Crippen molar-refractivity contribution in [2.75, 3.05) is 39.3 Å². The number of piperidine rings is 1. The molecule has 2 heterocycles. The van der Waals surface area contributed by atoms with Crippen molar-refractivity contribution in [1.29, 1.82) is 0 Å². The van der Waals surface area contributed by atoms with Crippen LogP contribution in [0.15, 0.2) is 52.3 Å². The second-order valence-corrected chi connectivity index (χ2v) is 13.8. The Kier molecular flexibility index (Phi) is 9.69. The van der Waals surface area contributed by atoms with Crippen molar-refractivity contribution in [2.45, 2.75) is 54.7 Å². The third-order valence-electron chi connectivity index (χ3n) is 6.82. The highest BCUT2D eigenvalue weighted by atomic mass is 35.5. The molecule has 12 heteroatoms. The summed E-state index contributed by atoms with van der Waals surface area (Å²) in [7, 11) is -7.23. The molecule has 0 bridgehead atoms. The lowest BCUT2D eigenvalue weighted by atomic mass is 10.2. The minimum absolute atomic E-state index is 0.0461. The highest BCUT2D eigenvalue weighted by molar-refractivity contribution is 7.89. The first-order valence-electron chi connectivity index (χ1n) is 13.0. The van der Waals surface area contributed by atoms with E-state index < -0.39 is 26.0 Å². The van der Waals surface area contributed by atoms with Gasteiger partial charge in [0.15, 0.2) is 0 Å². The predicted molar refractivity (Wildman–Crippen MR) is 146 cm³/mol. The minimum atomic E-state index is -3.72. The molecular weight excluding hydrogens is 550 g/mol. The van der Waals surface area contributed by atoms with Crippen LogP contribution in [0.3, 0.4) is 0 Å². The molecule has 1 amide bonds. The summed E-state index contributed by atoms with van der Waals surface area (Å²) in [6, 6.07) is 10.4. The van der Waals surface area contributed by atoms with Crippen LogP contribution in [0.2, 0.25) is 5.02 Å². The van der Waals surface area contributed by atoms with Gasteiger partial charge < -0.3 is 10.1 Å². The molecule has 38 heavy (non-hydrogen) atoms. The second-order valence-electron chi connectivity index (χ2n) is 9.50. The molecule has 9 nitrogen and oxygen atoms in total. The summed E-state index contributed by atoms with van der Waals surface area (Å²) >= 11 is 6.22. The lowest BCUT2D eigenvalue weighted by Crippen LogP contribution is -2.35. The lowest BCUT2D eigenvalue weighted by molar-refractivity contribution is 0.0947. The Labute approximate surface area is 230 Å². The Morgan fingerprint density at radius 2 is 1.26 bits per heavy atom. The molecule has 2 fully saturated rings. The first-order valence-corrected chi connectivity index (χ1v) is 16.3. The molecule has 4 rings (SSSR count). The van der Waals surface area contributed by atoms with Crippen LogP contribution in [0.1, 0.15) is 55.3 Å². The molecule has 1 N–H and O–H groups in total. The fourth-order valence-electron chi connectivity index (χ4n) is 4.66. The van der Waals surface area contributed by atoms with Crippen LogP contribution in [0.25, 0.3) is 0 Å². The maximum atomic E-state index is 13.1. The third kappa shape index (κ3) is 6.87. The average molecular weight is 584 g/mol. The summed E-state index contributed by atoms with van der Waals surface area (Å²) in [5, 5.41) is 2.85. The fraction of sp³-hybridized carbons (Fsp3) is 0.500. The van der Waals surface area contributed by atoms with E-state index >= 15 is 0 Å². The van der Waals surface area contributed by atoms with Crippen LogP contribution in [0.5, 0.6) is 5.75 Å². The molecule has 0 unspecified atom stereocenters. The smallest absolute Gasteiger partial charge is 0.252 e. The maximum Gasteiger partial charge on any atom is 0.252 e. The molecule has 0 radical (unpaired) electrons. The summed E-state index contributed by atoms with van der Waals surface area (Å²) in [5.41, 5.74) is 0.0786. The predicted octanol–water partition coefficient (Wildman–Crippen LogP) is 3.89. The van der Waals surface area contributed by atoms with Crippen LogP contribution < -0.4 is 10.1 Å². The number of rotatable bonds is 9. The molecular formula is C26H34ClN3O6S2. The number of halogens is 1. The van der Waals surface area contributed by atoms with Crippen LogP contribution in [0, 0.1) is 0 Å². The van der Waals surface area contributed by atoms with Crippen molar-refractivity contribution in [2.24, 2.45) is 0 Å². The molecule has 2 aromatic carbocycles. The number of nitrogens with one attached hydrogen (secondary N) is 1. The quantitative estimate of drug-likeness (QED) is 0.448. The molecule has 2 saturated heterocycles. The largest absolute Gasteiger partial charge is 0.492 e. The first kappa shape index (κ1) is 28.8. The van der Waals surface area contributed by atoms with Gasteiger partial charge in [0.1, 0.15) is 12.4 Å². The summed E-state index contributed by atoms with van der Waals surface area (Å²) < 4.78 is 60.4. The number of hydrogen-bond donors (Lipinski definition) is 1. The Morgan fingerprint density at radius 1 is 0.763 bits per heavy atom. The van der Waals surface area contributed by atoms with E-state index in [0.29, 0.717) is 31.9 Å². The van der Waals surface area contributed by atoms with Gasteiger partial charge in [-0.05, 0) is 68.1 Å². The molecule has 208 valence electrons. The van der Waals surface area contributed by atoms with E-state index in [2.05, 4.69) is 5.32 Å². The van der Waals surface area contributed by atoms with E-state index in [1.165, 1.54) is 38.9 Å². The van der Waals surface area contributed by atoms with Gasteiger partial charge in [0.25, 0.3) is 5.91 Å². The summed E-state index contributed by atoms with van der Waals surface area (Å²) in [4.78, 5) is 13.0. The highest BCUT2D eigenvalue weighted by Gasteiger charge is 2.27. The Balaban J connectivity index is 1.32. The Hall–Kier alpha value is -2.18. The Morgan fingerprint density at radius 3 is 1.84 bits per heavy atom. The van der Waals surface area contributed by atoms with Crippen molar-refractivity contribution >= 4 is 37.6 Å². The molecule has 2 aromatic rings. The number of carbonyl (C=O) groups excluding carboxylic acids is 1. The van der Waals surface area contributed by atoms with Gasteiger partial charge in [-0.15, -0.1) is 0 Å². The molecule has 0 aliphatic carbocycles. The highest BCUT2D eigenvalue weighted by Crippen LogP contribution is 2.25. The topological polar surface area (TPSA) is 113 Å². The van der Waals surface area contributed by atoms with Gasteiger partial charge in [0.2, 0.25) is 20.0 Å². The molecule has 0 saturated carbocycles. The van der Waals surface area contributed by atoms with E-state index in [1.807, 2.05) is 0 Å². The zero-order valence-corrected chi connectivity index (χ0v) is 23.7. The van der Waals surface area contributed by atoms with Crippen molar-refractivity contribution in [3.63, 3.8) is 0 Å². The number of hydrogen-bond acceptors (Lipinski definition) is 6. The Bertz CT molecular complexity index is 1320. The van der Waals surface area contributed by atoms with Crippen LogP contribution >= 0.6 is 11.6 Å². The molecule has 0 aromatic heterocycles. The lowest BCUT2D eigenvalue weighted by Gasteiger charge is -2.25. The molecule has 2 aliphatic rings. The van der Waals surface area contributed by atoms with Crippen LogP contribution in [-0.2, 0) is 20.0 Å².